The fraction of sp³-hybridized carbons (Fsp3) is 0.500. The zero-order valence-electron chi connectivity index (χ0n) is 14.2. The molecule has 134 valence electrons. The molecule has 2 amide bonds. The summed E-state index contributed by atoms with van der Waals surface area (Å²) in [5, 5.41) is 0. The van der Waals surface area contributed by atoms with Crippen molar-refractivity contribution >= 4 is 17.5 Å². The van der Waals surface area contributed by atoms with E-state index in [4.69, 9.17) is 0 Å². The second kappa shape index (κ2) is 8.03. The van der Waals surface area contributed by atoms with E-state index >= 15 is 0 Å². The summed E-state index contributed by atoms with van der Waals surface area (Å²) >= 11 is 0. The van der Waals surface area contributed by atoms with Gasteiger partial charge >= 0.3 is 6.18 Å². The number of rotatable bonds is 6. The third-order valence-electron chi connectivity index (χ3n) is 3.46. The van der Waals surface area contributed by atoms with E-state index in [1.807, 2.05) is 19.0 Å². The van der Waals surface area contributed by atoms with Crippen LogP contribution in [0.1, 0.15) is 12.5 Å². The van der Waals surface area contributed by atoms with E-state index in [1.54, 1.807) is 24.3 Å². The molecule has 0 spiro atoms. The highest BCUT2D eigenvalue weighted by molar-refractivity contribution is 5.83. The Hall–Kier alpha value is -2.25. The molecule has 0 fully saturated rings. The first-order valence-electron chi connectivity index (χ1n) is 7.32. The first kappa shape index (κ1) is 19.8. The van der Waals surface area contributed by atoms with Crippen LogP contribution in [0.2, 0.25) is 0 Å². The Labute approximate surface area is 139 Å². The molecule has 0 radical (unpaired) electrons. The molecule has 1 aromatic carbocycles. The number of likely N-dealkylation sites (N-methyl/N-ethyl adjacent to an activating group) is 1. The molecule has 0 unspecified atom stereocenters. The second-order valence-electron chi connectivity index (χ2n) is 5.80. The van der Waals surface area contributed by atoms with Crippen LogP contribution in [0.15, 0.2) is 24.3 Å². The largest absolute Gasteiger partial charge is 0.406 e. The highest BCUT2D eigenvalue weighted by Crippen LogP contribution is 2.20. The fourth-order valence-corrected chi connectivity index (χ4v) is 1.98. The molecule has 0 saturated heterocycles. The normalized spacial score (nSPS) is 11.1. The maximum atomic E-state index is 12.8. The summed E-state index contributed by atoms with van der Waals surface area (Å²) in [6, 6.07) is 6.90. The molecular weight excluding hydrogens is 323 g/mol. The van der Waals surface area contributed by atoms with Gasteiger partial charge in [-0.2, -0.15) is 13.2 Å². The number of hydrogen-bond donors (Lipinski definition) is 0. The topological polar surface area (TPSA) is 43.9 Å². The number of carbonyl (C=O) groups excluding carboxylic acids is 2. The Bertz CT molecular complexity index is 571. The maximum Gasteiger partial charge on any atom is 0.406 e. The number of nitrogens with zero attached hydrogens (tertiary/aromatic N) is 3. The van der Waals surface area contributed by atoms with Crippen LogP contribution in [0.5, 0.6) is 0 Å². The van der Waals surface area contributed by atoms with Gasteiger partial charge in [0.15, 0.2) is 0 Å². The van der Waals surface area contributed by atoms with Crippen molar-refractivity contribution in [1.82, 2.24) is 9.80 Å². The Morgan fingerprint density at radius 2 is 1.58 bits per heavy atom. The summed E-state index contributed by atoms with van der Waals surface area (Å²) in [5.74, 6) is -1.13. The zero-order chi connectivity index (χ0) is 18.5. The maximum absolute atomic E-state index is 12.8. The molecular formula is C16H22F3N3O2. The summed E-state index contributed by atoms with van der Waals surface area (Å²) in [5.41, 5.74) is 1.49. The lowest BCUT2D eigenvalue weighted by atomic mass is 10.2. The van der Waals surface area contributed by atoms with Crippen molar-refractivity contribution in [3.05, 3.63) is 29.8 Å². The molecule has 8 heteroatoms. The van der Waals surface area contributed by atoms with Gasteiger partial charge in [0.2, 0.25) is 11.8 Å². The van der Waals surface area contributed by atoms with Crippen LogP contribution in [-0.2, 0) is 16.1 Å². The number of hydrogen-bond acceptors (Lipinski definition) is 3. The van der Waals surface area contributed by atoms with Gasteiger partial charge in [0.1, 0.15) is 6.54 Å². The standard InChI is InChI=1S/C16H22F3N3O2/c1-12(23)21(4)10-15(24)22(11-16(17,18)19)9-13-5-7-14(8-6-13)20(2)3/h5-8H,9-11H2,1-4H3. The summed E-state index contributed by atoms with van der Waals surface area (Å²) in [6.45, 7) is -0.659. The zero-order valence-corrected chi connectivity index (χ0v) is 14.2. The van der Waals surface area contributed by atoms with Gasteiger partial charge in [-0.1, -0.05) is 12.1 Å². The summed E-state index contributed by atoms with van der Waals surface area (Å²) in [6.07, 6.45) is -4.51. The van der Waals surface area contributed by atoms with Crippen molar-refractivity contribution < 1.29 is 22.8 Å². The Balaban J connectivity index is 2.89. The van der Waals surface area contributed by atoms with Crippen molar-refractivity contribution in [3.8, 4) is 0 Å². The Morgan fingerprint density at radius 1 is 1.04 bits per heavy atom. The number of amides is 2. The SMILES string of the molecule is CC(=O)N(C)CC(=O)N(Cc1ccc(N(C)C)cc1)CC(F)(F)F. The second-order valence-corrected chi connectivity index (χ2v) is 5.80. The third-order valence-corrected chi connectivity index (χ3v) is 3.46. The van der Waals surface area contributed by atoms with Crippen molar-refractivity contribution in [3.63, 3.8) is 0 Å². The van der Waals surface area contributed by atoms with E-state index in [0.29, 0.717) is 10.5 Å². The summed E-state index contributed by atoms with van der Waals surface area (Å²) in [4.78, 5) is 27.0. The minimum atomic E-state index is -4.51. The number of halogens is 3. The minimum Gasteiger partial charge on any atom is -0.378 e. The van der Waals surface area contributed by atoms with Gasteiger partial charge in [0, 0.05) is 40.3 Å². The third kappa shape index (κ3) is 6.47. The van der Waals surface area contributed by atoms with E-state index in [0.717, 1.165) is 10.6 Å². The van der Waals surface area contributed by atoms with Gasteiger partial charge in [-0.05, 0) is 17.7 Å². The Morgan fingerprint density at radius 3 is 2.00 bits per heavy atom. The fourth-order valence-electron chi connectivity index (χ4n) is 1.98. The Kier molecular flexibility index (Phi) is 6.62. The van der Waals surface area contributed by atoms with Crippen molar-refractivity contribution in [2.75, 3.05) is 39.1 Å². The van der Waals surface area contributed by atoms with Crippen molar-refractivity contribution in [2.24, 2.45) is 0 Å². The molecule has 0 atom stereocenters. The summed E-state index contributed by atoms with van der Waals surface area (Å²) < 4.78 is 38.3. The van der Waals surface area contributed by atoms with Gasteiger partial charge in [0.25, 0.3) is 0 Å². The van der Waals surface area contributed by atoms with E-state index in [2.05, 4.69) is 0 Å². The highest BCUT2D eigenvalue weighted by Gasteiger charge is 2.33. The number of carbonyl (C=O) groups is 2. The first-order chi connectivity index (χ1) is 11.0. The van der Waals surface area contributed by atoms with Crippen molar-refractivity contribution in [2.45, 2.75) is 19.6 Å². The molecule has 24 heavy (non-hydrogen) atoms. The molecule has 0 N–H and O–H groups in total. The van der Waals surface area contributed by atoms with Crippen LogP contribution in [-0.4, -0.2) is 62.0 Å². The van der Waals surface area contributed by atoms with Crippen LogP contribution in [0.25, 0.3) is 0 Å². The lowest BCUT2D eigenvalue weighted by Gasteiger charge is -2.26. The van der Waals surface area contributed by atoms with Crippen LogP contribution in [0.4, 0.5) is 18.9 Å². The monoisotopic (exact) mass is 345 g/mol. The predicted octanol–water partition coefficient (Wildman–Crippen LogP) is 2.12. The van der Waals surface area contributed by atoms with Gasteiger partial charge in [0.05, 0.1) is 6.54 Å². The van der Waals surface area contributed by atoms with Gasteiger partial charge in [-0.3, -0.25) is 9.59 Å². The van der Waals surface area contributed by atoms with Crippen LogP contribution in [0.3, 0.4) is 0 Å². The van der Waals surface area contributed by atoms with Crippen molar-refractivity contribution in [1.29, 1.82) is 0 Å². The molecule has 0 aliphatic carbocycles. The lowest BCUT2D eigenvalue weighted by Crippen LogP contribution is -2.44. The number of alkyl halides is 3. The molecule has 0 aliphatic heterocycles. The van der Waals surface area contributed by atoms with Crippen LogP contribution < -0.4 is 4.90 Å². The van der Waals surface area contributed by atoms with Crippen LogP contribution >= 0.6 is 0 Å². The van der Waals surface area contributed by atoms with Crippen LogP contribution in [0, 0.1) is 0 Å². The first-order valence-corrected chi connectivity index (χ1v) is 7.32. The molecule has 0 saturated carbocycles. The molecule has 1 rings (SSSR count). The molecule has 0 heterocycles. The highest BCUT2D eigenvalue weighted by atomic mass is 19.4. The average Bonchev–Trinajstić information content (AvgIpc) is 2.45. The molecule has 0 bridgehead atoms. The van der Waals surface area contributed by atoms with E-state index in [1.165, 1.54) is 14.0 Å². The minimum absolute atomic E-state index is 0.169. The van der Waals surface area contributed by atoms with E-state index in [9.17, 15) is 22.8 Å². The lowest BCUT2D eigenvalue weighted by molar-refractivity contribution is -0.163. The molecule has 0 aromatic heterocycles. The van der Waals surface area contributed by atoms with E-state index < -0.39 is 18.6 Å². The quantitative estimate of drug-likeness (QED) is 0.793. The number of anilines is 1. The van der Waals surface area contributed by atoms with Gasteiger partial charge in [-0.25, -0.2) is 0 Å². The molecule has 5 nitrogen and oxygen atoms in total. The number of benzene rings is 1. The van der Waals surface area contributed by atoms with E-state index in [-0.39, 0.29) is 19.0 Å². The van der Waals surface area contributed by atoms with Gasteiger partial charge < -0.3 is 14.7 Å². The average molecular weight is 345 g/mol. The summed E-state index contributed by atoms with van der Waals surface area (Å²) in [7, 11) is 5.08. The molecule has 1 aromatic rings. The smallest absolute Gasteiger partial charge is 0.378 e. The molecule has 0 aliphatic rings. The predicted molar refractivity (Wildman–Crippen MR) is 85.6 cm³/mol. The van der Waals surface area contributed by atoms with Gasteiger partial charge in [-0.15, -0.1) is 0 Å².